The van der Waals surface area contributed by atoms with E-state index in [0.717, 1.165) is 0 Å². The van der Waals surface area contributed by atoms with Gasteiger partial charge < -0.3 is 11.5 Å². The topological polar surface area (TPSA) is 69.1 Å². The van der Waals surface area contributed by atoms with Gasteiger partial charge in [0, 0.05) is 33.1 Å². The van der Waals surface area contributed by atoms with Gasteiger partial charge in [0.2, 0.25) is 5.91 Å². The monoisotopic (exact) mass is 294 g/mol. The fourth-order valence-corrected chi connectivity index (χ4v) is 2.65. The third-order valence-corrected chi connectivity index (χ3v) is 3.20. The van der Waals surface area contributed by atoms with Gasteiger partial charge in [-0.3, -0.25) is 4.79 Å². The average molecular weight is 296 g/mol. The van der Waals surface area contributed by atoms with Crippen molar-refractivity contribution in [1.82, 2.24) is 0 Å². The molecule has 0 bridgehead atoms. The summed E-state index contributed by atoms with van der Waals surface area (Å²) in [7, 11) is 0. The molecule has 0 aliphatic carbocycles. The zero-order valence-corrected chi connectivity index (χ0v) is 11.3. The second-order valence-electron chi connectivity index (χ2n) is 3.75. The summed E-state index contributed by atoms with van der Waals surface area (Å²) in [5.41, 5.74) is 11.7. The number of hydrogen-bond donors (Lipinski definition) is 2. The van der Waals surface area contributed by atoms with Crippen molar-refractivity contribution in [3.63, 3.8) is 0 Å². The summed E-state index contributed by atoms with van der Waals surface area (Å²) in [4.78, 5) is 10.6. The largest absolute Gasteiger partial charge is 0.370 e. The van der Waals surface area contributed by atoms with Crippen molar-refractivity contribution in [2.75, 3.05) is 0 Å². The van der Waals surface area contributed by atoms with Gasteiger partial charge in [0.25, 0.3) is 0 Å². The maximum Gasteiger partial charge on any atom is 0.217 e. The minimum Gasteiger partial charge on any atom is -0.370 e. The molecule has 0 aliphatic rings. The van der Waals surface area contributed by atoms with E-state index in [1.165, 1.54) is 0 Å². The van der Waals surface area contributed by atoms with E-state index in [1.807, 2.05) is 0 Å². The van der Waals surface area contributed by atoms with E-state index >= 15 is 0 Å². The van der Waals surface area contributed by atoms with Crippen molar-refractivity contribution < 1.29 is 4.79 Å². The number of rotatable bonds is 5. The number of nitrogens with two attached hydrogens (primary N) is 2. The Labute approximate surface area is 115 Å². The highest BCUT2D eigenvalue weighted by molar-refractivity contribution is 6.39. The molecule has 4 N–H and O–H groups in total. The molecule has 1 aromatic carbocycles. The highest BCUT2D eigenvalue weighted by atomic mass is 35.5. The molecule has 0 saturated carbocycles. The van der Waals surface area contributed by atoms with E-state index in [9.17, 15) is 4.79 Å². The first-order valence-corrected chi connectivity index (χ1v) is 6.23. The number of halogens is 3. The van der Waals surface area contributed by atoms with Crippen molar-refractivity contribution in [1.29, 1.82) is 0 Å². The Hall–Kier alpha value is -0.480. The van der Waals surface area contributed by atoms with E-state index in [0.29, 0.717) is 39.9 Å². The molecule has 17 heavy (non-hydrogen) atoms. The summed E-state index contributed by atoms with van der Waals surface area (Å²) >= 11 is 17.9. The van der Waals surface area contributed by atoms with Gasteiger partial charge in [0.05, 0.1) is 0 Å². The molecule has 1 atom stereocenters. The van der Waals surface area contributed by atoms with Crippen LogP contribution in [0.4, 0.5) is 0 Å². The van der Waals surface area contributed by atoms with Gasteiger partial charge in [-0.25, -0.2) is 0 Å². The van der Waals surface area contributed by atoms with Crippen LogP contribution in [0, 0.1) is 0 Å². The molecule has 0 saturated heterocycles. The van der Waals surface area contributed by atoms with Crippen LogP contribution in [0.3, 0.4) is 0 Å². The van der Waals surface area contributed by atoms with Gasteiger partial charge in [0.1, 0.15) is 0 Å². The van der Waals surface area contributed by atoms with Crippen LogP contribution in [-0.2, 0) is 4.79 Å². The van der Waals surface area contributed by atoms with Gasteiger partial charge in [-0.1, -0.05) is 34.8 Å². The number of amides is 1. The fourth-order valence-electron chi connectivity index (χ4n) is 1.55. The zero-order chi connectivity index (χ0) is 13.0. The Morgan fingerprint density at radius 3 is 2.24 bits per heavy atom. The molecular formula is C11H13Cl3N2O. The third kappa shape index (κ3) is 4.36. The molecular weight excluding hydrogens is 282 g/mol. The Kier molecular flexibility index (Phi) is 5.53. The lowest BCUT2D eigenvalue weighted by Crippen LogP contribution is -2.14. The van der Waals surface area contributed by atoms with Crippen LogP contribution >= 0.6 is 34.8 Å². The van der Waals surface area contributed by atoms with Gasteiger partial charge in [0.15, 0.2) is 0 Å². The Morgan fingerprint density at radius 1 is 1.24 bits per heavy atom. The van der Waals surface area contributed by atoms with Crippen molar-refractivity contribution in [2.45, 2.75) is 25.3 Å². The zero-order valence-electron chi connectivity index (χ0n) is 9.05. The molecule has 0 fully saturated rings. The first-order chi connectivity index (χ1) is 7.91. The molecule has 1 unspecified atom stereocenters. The quantitative estimate of drug-likeness (QED) is 0.875. The molecule has 0 spiro atoms. The molecule has 94 valence electrons. The van der Waals surface area contributed by atoms with Gasteiger partial charge >= 0.3 is 0 Å². The highest BCUT2D eigenvalue weighted by Crippen LogP contribution is 2.34. The lowest BCUT2D eigenvalue weighted by molar-refractivity contribution is -0.118. The van der Waals surface area contributed by atoms with Crippen molar-refractivity contribution in [3.8, 4) is 0 Å². The summed E-state index contributed by atoms with van der Waals surface area (Å²) in [5, 5.41) is 1.34. The number of benzene rings is 1. The maximum atomic E-state index is 10.6. The molecule has 0 aromatic heterocycles. The van der Waals surface area contributed by atoms with Crippen molar-refractivity contribution >= 4 is 40.7 Å². The Balaban J connectivity index is 2.75. The summed E-state index contributed by atoms with van der Waals surface area (Å²) in [5.74, 6) is -0.342. The van der Waals surface area contributed by atoms with Gasteiger partial charge in [-0.2, -0.15) is 0 Å². The second kappa shape index (κ2) is 6.45. The van der Waals surface area contributed by atoms with Crippen LogP contribution < -0.4 is 11.5 Å². The minimum absolute atomic E-state index is 0.302. The van der Waals surface area contributed by atoms with E-state index in [4.69, 9.17) is 46.3 Å². The predicted molar refractivity (Wildman–Crippen MR) is 71.4 cm³/mol. The molecule has 1 aromatic rings. The fraction of sp³-hybridized carbons (Fsp3) is 0.364. The van der Waals surface area contributed by atoms with Crippen LogP contribution in [0.15, 0.2) is 12.1 Å². The van der Waals surface area contributed by atoms with E-state index in [1.54, 1.807) is 12.1 Å². The second-order valence-corrected chi connectivity index (χ2v) is 5.00. The van der Waals surface area contributed by atoms with E-state index in [2.05, 4.69) is 0 Å². The van der Waals surface area contributed by atoms with Crippen LogP contribution in [-0.4, -0.2) is 5.91 Å². The van der Waals surface area contributed by atoms with Crippen LogP contribution in [0.1, 0.15) is 30.9 Å². The average Bonchev–Trinajstić information content (AvgIpc) is 2.14. The first-order valence-electron chi connectivity index (χ1n) is 5.10. The van der Waals surface area contributed by atoms with Crippen LogP contribution in [0.5, 0.6) is 0 Å². The maximum absolute atomic E-state index is 10.6. The normalized spacial score (nSPS) is 12.5. The third-order valence-electron chi connectivity index (χ3n) is 2.35. The van der Waals surface area contributed by atoms with Crippen molar-refractivity contribution in [2.24, 2.45) is 11.5 Å². The van der Waals surface area contributed by atoms with Crippen LogP contribution in [0.2, 0.25) is 15.1 Å². The van der Waals surface area contributed by atoms with Gasteiger partial charge in [-0.05, 0) is 25.0 Å². The number of carbonyl (C=O) groups excluding carboxylic acids is 1. The molecule has 0 radical (unpaired) electrons. The lowest BCUT2D eigenvalue weighted by atomic mass is 10.0. The molecule has 0 heterocycles. The molecule has 1 rings (SSSR count). The summed E-state index contributed by atoms with van der Waals surface area (Å²) in [6.07, 6.45) is 1.49. The van der Waals surface area contributed by atoms with Gasteiger partial charge in [-0.15, -0.1) is 0 Å². The van der Waals surface area contributed by atoms with Crippen molar-refractivity contribution in [3.05, 3.63) is 32.8 Å². The number of carbonyl (C=O) groups is 1. The summed E-state index contributed by atoms with van der Waals surface area (Å²) < 4.78 is 0. The Bertz CT molecular complexity index is 400. The summed E-state index contributed by atoms with van der Waals surface area (Å²) in [6, 6.07) is 2.86. The SMILES string of the molecule is NC(=O)CCCC(N)c1c(Cl)cc(Cl)cc1Cl. The van der Waals surface area contributed by atoms with Crippen LogP contribution in [0.25, 0.3) is 0 Å². The standard InChI is InChI=1S/C11H13Cl3N2O/c12-6-4-7(13)11(8(14)5-6)9(15)2-1-3-10(16)17/h4-5,9H,1-3,15H2,(H2,16,17). The smallest absolute Gasteiger partial charge is 0.217 e. The Morgan fingerprint density at radius 2 is 1.76 bits per heavy atom. The molecule has 0 aliphatic heterocycles. The number of primary amides is 1. The lowest BCUT2D eigenvalue weighted by Gasteiger charge is -2.15. The molecule has 6 heteroatoms. The summed E-state index contributed by atoms with van der Waals surface area (Å²) in [6.45, 7) is 0. The van der Waals surface area contributed by atoms with E-state index in [-0.39, 0.29) is 11.9 Å². The number of hydrogen-bond acceptors (Lipinski definition) is 2. The first kappa shape index (κ1) is 14.6. The molecule has 3 nitrogen and oxygen atoms in total. The van der Waals surface area contributed by atoms with E-state index < -0.39 is 0 Å². The minimum atomic E-state index is -0.342. The molecule has 1 amide bonds. The predicted octanol–water partition coefficient (Wildman–Crippen LogP) is 3.30. The highest BCUT2D eigenvalue weighted by Gasteiger charge is 2.15.